The van der Waals surface area contributed by atoms with Crippen LogP contribution in [-0.2, 0) is 11.3 Å². The van der Waals surface area contributed by atoms with Crippen molar-refractivity contribution >= 4 is 63.2 Å². The van der Waals surface area contributed by atoms with Gasteiger partial charge in [-0.25, -0.2) is 4.98 Å². The fourth-order valence-corrected chi connectivity index (χ4v) is 5.74. The Balaban J connectivity index is 1.41. The Morgan fingerprint density at radius 2 is 1.95 bits per heavy atom. The van der Waals surface area contributed by atoms with Crippen molar-refractivity contribution in [3.05, 3.63) is 87.5 Å². The van der Waals surface area contributed by atoms with E-state index >= 15 is 0 Å². The summed E-state index contributed by atoms with van der Waals surface area (Å²) in [5, 5.41) is 16.0. The maximum absolute atomic E-state index is 12.8. The van der Waals surface area contributed by atoms with E-state index < -0.39 is 6.04 Å². The summed E-state index contributed by atoms with van der Waals surface area (Å²) >= 11 is 14.8. The lowest BCUT2D eigenvalue weighted by Gasteiger charge is -2.15. The van der Waals surface area contributed by atoms with Crippen LogP contribution in [0.3, 0.4) is 0 Å². The van der Waals surface area contributed by atoms with E-state index in [-0.39, 0.29) is 22.6 Å². The number of allylic oxidation sites excluding steroid dienone is 1. The topological polar surface area (TPSA) is 102 Å². The van der Waals surface area contributed by atoms with Crippen LogP contribution in [0.4, 0.5) is 5.13 Å². The van der Waals surface area contributed by atoms with Crippen molar-refractivity contribution in [1.82, 2.24) is 25.1 Å². The molecule has 0 aliphatic heterocycles. The summed E-state index contributed by atoms with van der Waals surface area (Å²) in [7, 11) is 0. The van der Waals surface area contributed by atoms with Crippen LogP contribution in [-0.4, -0.2) is 37.3 Å². The largest absolute Gasteiger partial charge is 0.342 e. The van der Waals surface area contributed by atoms with Crippen LogP contribution in [0.2, 0.25) is 10.0 Å². The van der Waals surface area contributed by atoms with Crippen molar-refractivity contribution in [2.75, 3.05) is 11.1 Å². The molecule has 1 unspecified atom stereocenters. The van der Waals surface area contributed by atoms with Crippen molar-refractivity contribution in [1.29, 1.82) is 0 Å². The Bertz CT molecular complexity index is 1470. The molecule has 2 N–H and O–H groups in total. The van der Waals surface area contributed by atoms with Gasteiger partial charge in [-0.05, 0) is 32.0 Å². The Hall–Kier alpha value is -3.18. The molecule has 196 valence electrons. The highest BCUT2D eigenvalue weighted by molar-refractivity contribution is 7.99. The number of aryl methyl sites for hydroxylation is 1. The third-order valence-electron chi connectivity index (χ3n) is 5.39. The van der Waals surface area contributed by atoms with Crippen LogP contribution in [0.5, 0.6) is 0 Å². The first-order valence-electron chi connectivity index (χ1n) is 11.5. The molecule has 38 heavy (non-hydrogen) atoms. The van der Waals surface area contributed by atoms with E-state index in [1.807, 2.05) is 37.3 Å². The second-order valence-electron chi connectivity index (χ2n) is 8.19. The van der Waals surface area contributed by atoms with E-state index in [1.165, 1.54) is 29.2 Å². The Labute approximate surface area is 238 Å². The number of anilines is 1. The van der Waals surface area contributed by atoms with Crippen molar-refractivity contribution in [3.63, 3.8) is 0 Å². The molecule has 12 heteroatoms. The molecule has 4 aromatic rings. The van der Waals surface area contributed by atoms with Gasteiger partial charge in [-0.1, -0.05) is 71.4 Å². The minimum absolute atomic E-state index is 0.107. The van der Waals surface area contributed by atoms with Crippen LogP contribution in [0, 0.1) is 6.92 Å². The molecule has 1 atom stereocenters. The molecule has 0 spiro atoms. The Morgan fingerprint density at radius 1 is 1.18 bits per heavy atom. The number of benzene rings is 2. The van der Waals surface area contributed by atoms with Crippen molar-refractivity contribution in [3.8, 4) is 11.3 Å². The minimum Gasteiger partial charge on any atom is -0.342 e. The number of hydrogen-bond donors (Lipinski definition) is 2. The molecule has 0 bridgehead atoms. The number of nitrogens with one attached hydrogen (secondary N) is 2. The SMILES string of the molecule is C=CCn1c(SCC(=O)Nc2nc(-c3ccccc3)c(C)s2)nnc1C(C)NC(=O)c1ccc(Cl)cc1Cl. The van der Waals surface area contributed by atoms with E-state index in [4.69, 9.17) is 23.2 Å². The smallest absolute Gasteiger partial charge is 0.253 e. The summed E-state index contributed by atoms with van der Waals surface area (Å²) in [6, 6.07) is 14.0. The first-order chi connectivity index (χ1) is 18.3. The fraction of sp³-hybridized carbons (Fsp3) is 0.192. The van der Waals surface area contributed by atoms with E-state index in [0.717, 1.165) is 16.1 Å². The number of carbonyl (C=O) groups is 2. The number of thiazole rings is 1. The number of hydrogen-bond acceptors (Lipinski definition) is 7. The lowest BCUT2D eigenvalue weighted by molar-refractivity contribution is -0.113. The maximum Gasteiger partial charge on any atom is 0.253 e. The summed E-state index contributed by atoms with van der Waals surface area (Å²) in [4.78, 5) is 31.1. The van der Waals surface area contributed by atoms with Crippen LogP contribution < -0.4 is 10.6 Å². The molecule has 0 fully saturated rings. The molecule has 2 aromatic heterocycles. The predicted octanol–water partition coefficient (Wildman–Crippen LogP) is 6.42. The quantitative estimate of drug-likeness (QED) is 0.164. The minimum atomic E-state index is -0.487. The first kappa shape index (κ1) is 27.8. The van der Waals surface area contributed by atoms with Gasteiger partial charge in [-0.15, -0.1) is 28.1 Å². The van der Waals surface area contributed by atoms with E-state index in [0.29, 0.717) is 33.2 Å². The summed E-state index contributed by atoms with van der Waals surface area (Å²) in [6.07, 6.45) is 1.70. The molecule has 0 saturated carbocycles. The highest BCUT2D eigenvalue weighted by atomic mass is 35.5. The molecule has 0 aliphatic carbocycles. The molecule has 2 aromatic carbocycles. The predicted molar refractivity (Wildman–Crippen MR) is 154 cm³/mol. The van der Waals surface area contributed by atoms with Gasteiger partial charge in [-0.2, -0.15) is 0 Å². The third kappa shape index (κ3) is 6.63. The second kappa shape index (κ2) is 12.6. The van der Waals surface area contributed by atoms with Gasteiger partial charge in [0, 0.05) is 22.0 Å². The first-order valence-corrected chi connectivity index (χ1v) is 14.1. The van der Waals surface area contributed by atoms with Crippen LogP contribution in [0.15, 0.2) is 66.3 Å². The molecule has 2 heterocycles. The number of rotatable bonds is 10. The average molecular weight is 588 g/mol. The van der Waals surface area contributed by atoms with Crippen LogP contribution in [0.25, 0.3) is 11.3 Å². The average Bonchev–Trinajstić information content (AvgIpc) is 3.46. The van der Waals surface area contributed by atoms with E-state index in [2.05, 4.69) is 32.4 Å². The summed E-state index contributed by atoms with van der Waals surface area (Å²) < 4.78 is 1.81. The number of amides is 2. The Kier molecular flexibility index (Phi) is 9.22. The van der Waals surface area contributed by atoms with Gasteiger partial charge in [0.1, 0.15) is 0 Å². The molecular formula is C26H24Cl2N6O2S2. The van der Waals surface area contributed by atoms with Crippen molar-refractivity contribution in [2.45, 2.75) is 31.6 Å². The zero-order valence-corrected chi connectivity index (χ0v) is 23.7. The van der Waals surface area contributed by atoms with Gasteiger partial charge in [-0.3, -0.25) is 9.59 Å². The van der Waals surface area contributed by atoms with Gasteiger partial charge in [0.05, 0.1) is 28.1 Å². The van der Waals surface area contributed by atoms with Crippen LogP contribution in [0.1, 0.15) is 34.0 Å². The van der Waals surface area contributed by atoms with Gasteiger partial charge in [0.15, 0.2) is 16.1 Å². The van der Waals surface area contributed by atoms with Crippen molar-refractivity contribution in [2.24, 2.45) is 0 Å². The fourth-order valence-electron chi connectivity index (χ4n) is 3.64. The van der Waals surface area contributed by atoms with Gasteiger partial charge in [0.25, 0.3) is 5.91 Å². The number of carbonyl (C=O) groups excluding carboxylic acids is 2. The number of thioether (sulfide) groups is 1. The second-order valence-corrected chi connectivity index (χ2v) is 11.2. The van der Waals surface area contributed by atoms with Crippen LogP contribution >= 0.6 is 46.3 Å². The molecule has 4 rings (SSSR count). The zero-order chi connectivity index (χ0) is 27.2. The number of nitrogens with zero attached hydrogens (tertiary/aromatic N) is 4. The molecule has 0 aliphatic rings. The van der Waals surface area contributed by atoms with Gasteiger partial charge >= 0.3 is 0 Å². The van der Waals surface area contributed by atoms with E-state index in [1.54, 1.807) is 29.7 Å². The Morgan fingerprint density at radius 3 is 2.66 bits per heavy atom. The summed E-state index contributed by atoms with van der Waals surface area (Å²) in [5.41, 5.74) is 2.15. The third-order valence-corrected chi connectivity index (χ3v) is 7.79. The molecule has 0 radical (unpaired) electrons. The van der Waals surface area contributed by atoms with Crippen molar-refractivity contribution < 1.29 is 9.59 Å². The summed E-state index contributed by atoms with van der Waals surface area (Å²) in [5.74, 6) is 0.0518. The lowest BCUT2D eigenvalue weighted by Crippen LogP contribution is -2.29. The molecule has 0 saturated heterocycles. The monoisotopic (exact) mass is 586 g/mol. The normalized spacial score (nSPS) is 11.7. The highest BCUT2D eigenvalue weighted by Gasteiger charge is 2.22. The van der Waals surface area contributed by atoms with Gasteiger partial charge in [0.2, 0.25) is 5.91 Å². The highest BCUT2D eigenvalue weighted by Crippen LogP contribution is 2.30. The maximum atomic E-state index is 12.8. The zero-order valence-electron chi connectivity index (χ0n) is 20.6. The molecular weight excluding hydrogens is 563 g/mol. The summed E-state index contributed by atoms with van der Waals surface area (Å²) in [6.45, 7) is 7.98. The standard InChI is InChI=1S/C26H24Cl2N6O2S2/c1-4-12-34-23(15(2)29-24(36)19-11-10-18(27)13-20(19)28)32-33-26(34)37-14-21(35)30-25-31-22(16(3)38-25)17-8-6-5-7-9-17/h4-11,13,15H,1,12,14H2,2-3H3,(H,29,36)(H,30,31,35). The number of halogens is 2. The van der Waals surface area contributed by atoms with Gasteiger partial charge < -0.3 is 15.2 Å². The lowest BCUT2D eigenvalue weighted by atomic mass is 10.1. The van der Waals surface area contributed by atoms with E-state index in [9.17, 15) is 9.59 Å². The number of aromatic nitrogens is 4. The molecule has 8 nitrogen and oxygen atoms in total. The molecule has 2 amide bonds.